The Morgan fingerprint density at radius 2 is 1.72 bits per heavy atom. The largest absolute Gasteiger partial charge is 0.315 e. The minimum absolute atomic E-state index is 0.521. The van der Waals surface area contributed by atoms with Crippen LogP contribution in [-0.4, -0.2) is 28.5 Å². The van der Waals surface area contributed by atoms with E-state index in [1.54, 1.807) is 0 Å². The third-order valence-electron chi connectivity index (χ3n) is 4.40. The Balaban J connectivity index is 4.84. The van der Waals surface area contributed by atoms with Gasteiger partial charge in [0.2, 0.25) is 0 Å². The Labute approximate surface area is 118 Å². The van der Waals surface area contributed by atoms with Crippen LogP contribution in [0.15, 0.2) is 11.3 Å². The summed E-state index contributed by atoms with van der Waals surface area (Å²) in [5, 5.41) is 4.12. The predicted octanol–water partition coefficient (Wildman–Crippen LogP) is 4.30. The first kappa shape index (κ1) is 18.1. The number of allylic oxidation sites excluding steroid dienone is 1. The van der Waals surface area contributed by atoms with Crippen molar-refractivity contribution < 1.29 is 0 Å². The fourth-order valence-corrected chi connectivity index (χ4v) is 14.0. The molecule has 0 saturated carbocycles. The molecule has 0 aliphatic heterocycles. The molecule has 0 bridgehead atoms. The molecular formula is C15H35NSi2. The molecular weight excluding hydrogens is 250 g/mol. The molecule has 18 heavy (non-hydrogen) atoms. The van der Waals surface area contributed by atoms with Crippen LogP contribution in [0.5, 0.6) is 0 Å². The molecule has 0 spiro atoms. The summed E-state index contributed by atoms with van der Waals surface area (Å²) in [5.41, 5.74) is 4.19. The summed E-state index contributed by atoms with van der Waals surface area (Å²) < 4.78 is 0. The van der Waals surface area contributed by atoms with E-state index in [0.29, 0.717) is 11.1 Å². The lowest BCUT2D eigenvalue weighted by Gasteiger charge is -2.42. The van der Waals surface area contributed by atoms with E-state index < -0.39 is 15.9 Å². The zero-order chi connectivity index (χ0) is 14.6. The maximum Gasteiger partial charge on any atom is 0.0572 e. The van der Waals surface area contributed by atoms with Gasteiger partial charge in [0.05, 0.1) is 8.31 Å². The fraction of sp³-hybridized carbons (Fsp3) is 0.867. The number of rotatable bonds is 6. The smallest absolute Gasteiger partial charge is 0.0572 e. The summed E-state index contributed by atoms with van der Waals surface area (Å²) in [4.78, 5) is 0. The highest BCUT2D eigenvalue weighted by Crippen LogP contribution is 2.38. The van der Waals surface area contributed by atoms with E-state index in [2.05, 4.69) is 72.6 Å². The van der Waals surface area contributed by atoms with Crippen LogP contribution in [0.25, 0.3) is 0 Å². The second-order valence-electron chi connectivity index (χ2n) is 7.72. The van der Waals surface area contributed by atoms with Crippen LogP contribution < -0.4 is 5.32 Å². The SMILES string of the molecule is CC(C)=C[SiH](CCNC(C)C)[Si](C)(C)C(C)(C)C. The summed E-state index contributed by atoms with van der Waals surface area (Å²) in [7, 11) is -1.92. The third-order valence-corrected chi connectivity index (χ3v) is 21.6. The lowest BCUT2D eigenvalue weighted by molar-refractivity contribution is 0.611. The maximum absolute atomic E-state index is 3.60. The molecule has 0 rings (SSSR count). The van der Waals surface area contributed by atoms with Crippen molar-refractivity contribution in [2.75, 3.05) is 6.54 Å². The predicted molar refractivity (Wildman–Crippen MR) is 91.7 cm³/mol. The molecule has 0 aromatic carbocycles. The first-order valence-corrected chi connectivity index (χ1v) is 13.7. The monoisotopic (exact) mass is 285 g/mol. The first-order chi connectivity index (χ1) is 7.98. The quantitative estimate of drug-likeness (QED) is 0.717. The average molecular weight is 286 g/mol. The van der Waals surface area contributed by atoms with Crippen molar-refractivity contribution >= 4 is 15.9 Å². The standard InChI is InChI=1S/C15H35NSi2/c1-13(2)12-17(11-10-16-14(3)4)18(8,9)15(5,6)7/h12,14,16-17H,10-11H2,1-9H3. The maximum atomic E-state index is 3.60. The average Bonchev–Trinajstić information content (AvgIpc) is 2.13. The van der Waals surface area contributed by atoms with Gasteiger partial charge in [0.15, 0.2) is 0 Å². The Kier molecular flexibility index (Phi) is 7.11. The second kappa shape index (κ2) is 7.06. The normalized spacial score (nSPS) is 14.8. The molecule has 0 aliphatic rings. The zero-order valence-electron chi connectivity index (χ0n) is 14.1. The zero-order valence-corrected chi connectivity index (χ0v) is 16.3. The van der Waals surface area contributed by atoms with Crippen LogP contribution in [0.2, 0.25) is 24.2 Å². The van der Waals surface area contributed by atoms with Crippen molar-refractivity contribution in [2.45, 2.75) is 78.7 Å². The van der Waals surface area contributed by atoms with Crippen LogP contribution in [0, 0.1) is 0 Å². The molecule has 0 aromatic heterocycles. The molecule has 0 amide bonds. The summed E-state index contributed by atoms with van der Waals surface area (Å²) >= 11 is 0. The topological polar surface area (TPSA) is 12.0 Å². The minimum Gasteiger partial charge on any atom is -0.315 e. The van der Waals surface area contributed by atoms with E-state index in [4.69, 9.17) is 0 Å². The third kappa shape index (κ3) is 5.85. The molecule has 0 fully saturated rings. The van der Waals surface area contributed by atoms with Gasteiger partial charge in [0, 0.05) is 13.6 Å². The van der Waals surface area contributed by atoms with Crippen molar-refractivity contribution in [3.8, 4) is 0 Å². The summed E-state index contributed by atoms with van der Waals surface area (Å²) in [6.07, 6.45) is 0. The van der Waals surface area contributed by atoms with Crippen molar-refractivity contribution in [3.63, 3.8) is 0 Å². The molecule has 1 unspecified atom stereocenters. The Morgan fingerprint density at radius 3 is 2.06 bits per heavy atom. The lowest BCUT2D eigenvalue weighted by Crippen LogP contribution is -2.53. The fourth-order valence-electron chi connectivity index (χ4n) is 2.14. The molecule has 3 heteroatoms. The molecule has 1 nitrogen and oxygen atoms in total. The Morgan fingerprint density at radius 1 is 1.22 bits per heavy atom. The van der Waals surface area contributed by atoms with Crippen LogP contribution in [0.1, 0.15) is 48.5 Å². The number of hydrogen-bond donors (Lipinski definition) is 1. The van der Waals surface area contributed by atoms with Crippen LogP contribution >= 0.6 is 0 Å². The van der Waals surface area contributed by atoms with Crippen LogP contribution in [0.3, 0.4) is 0 Å². The first-order valence-electron chi connectivity index (χ1n) is 7.37. The van der Waals surface area contributed by atoms with Gasteiger partial charge in [-0.3, -0.25) is 0 Å². The summed E-state index contributed by atoms with van der Waals surface area (Å²) in [5.74, 6) is 0. The van der Waals surface area contributed by atoms with Crippen LogP contribution in [-0.2, 0) is 0 Å². The van der Waals surface area contributed by atoms with Crippen molar-refractivity contribution in [2.24, 2.45) is 0 Å². The van der Waals surface area contributed by atoms with Gasteiger partial charge in [-0.05, 0) is 31.5 Å². The minimum atomic E-state index is -1.15. The molecule has 1 atom stereocenters. The van der Waals surface area contributed by atoms with Crippen molar-refractivity contribution in [1.29, 1.82) is 0 Å². The summed E-state index contributed by atoms with van der Waals surface area (Å²) in [6, 6.07) is 2.03. The van der Waals surface area contributed by atoms with Crippen molar-refractivity contribution in [3.05, 3.63) is 11.3 Å². The van der Waals surface area contributed by atoms with Gasteiger partial charge in [-0.1, -0.05) is 53.3 Å². The second-order valence-corrected chi connectivity index (χ2v) is 21.3. The van der Waals surface area contributed by atoms with E-state index in [1.807, 2.05) is 0 Å². The number of nitrogens with one attached hydrogen (secondary N) is 1. The van der Waals surface area contributed by atoms with Crippen LogP contribution in [0.4, 0.5) is 0 Å². The molecule has 0 saturated heterocycles. The van der Waals surface area contributed by atoms with E-state index in [-0.39, 0.29) is 0 Å². The van der Waals surface area contributed by atoms with Gasteiger partial charge in [-0.25, -0.2) is 0 Å². The van der Waals surface area contributed by atoms with Gasteiger partial charge < -0.3 is 5.32 Å². The molecule has 1 N–H and O–H groups in total. The molecule has 0 radical (unpaired) electrons. The van der Waals surface area contributed by atoms with Gasteiger partial charge in [0.25, 0.3) is 0 Å². The molecule has 0 aliphatic carbocycles. The summed E-state index contributed by atoms with van der Waals surface area (Å²) in [6.45, 7) is 22.8. The molecule has 0 aromatic rings. The lowest BCUT2D eigenvalue weighted by atomic mass is 10.2. The van der Waals surface area contributed by atoms with E-state index in [9.17, 15) is 0 Å². The van der Waals surface area contributed by atoms with E-state index in [1.165, 1.54) is 18.2 Å². The highest BCUT2D eigenvalue weighted by atomic mass is 29.2. The van der Waals surface area contributed by atoms with E-state index in [0.717, 1.165) is 0 Å². The van der Waals surface area contributed by atoms with Gasteiger partial charge in [0.1, 0.15) is 0 Å². The highest BCUT2D eigenvalue weighted by Gasteiger charge is 2.41. The Hall–Kier alpha value is 0.134. The van der Waals surface area contributed by atoms with Crippen molar-refractivity contribution in [1.82, 2.24) is 5.32 Å². The molecule has 108 valence electrons. The van der Waals surface area contributed by atoms with Gasteiger partial charge in [-0.15, -0.1) is 5.70 Å². The highest BCUT2D eigenvalue weighted by molar-refractivity contribution is 7.35. The van der Waals surface area contributed by atoms with Gasteiger partial charge >= 0.3 is 0 Å². The number of hydrogen-bond acceptors (Lipinski definition) is 1. The van der Waals surface area contributed by atoms with E-state index >= 15 is 0 Å². The Bertz CT molecular complexity index is 271. The van der Waals surface area contributed by atoms with Gasteiger partial charge in [-0.2, -0.15) is 0 Å². The molecule has 0 heterocycles.